The highest BCUT2D eigenvalue weighted by Crippen LogP contribution is 2.24. The van der Waals surface area contributed by atoms with Crippen molar-refractivity contribution >= 4 is 47.7 Å². The molecule has 3 aliphatic rings. The van der Waals surface area contributed by atoms with E-state index in [0.717, 1.165) is 18.7 Å². The number of ether oxygens (including phenoxy) is 6. The highest BCUT2D eigenvalue weighted by Gasteiger charge is 2.27. The van der Waals surface area contributed by atoms with Gasteiger partial charge in [0.15, 0.2) is 0 Å². The molecule has 0 unspecified atom stereocenters. The number of alkyl halides is 2. The van der Waals surface area contributed by atoms with Crippen molar-refractivity contribution in [1.82, 2.24) is 15.1 Å². The zero-order valence-electron chi connectivity index (χ0n) is 34.5. The van der Waals surface area contributed by atoms with Crippen molar-refractivity contribution in [3.63, 3.8) is 0 Å². The molecule has 2 amide bonds. The molecule has 19 heteroatoms. The first-order valence-corrected chi connectivity index (χ1v) is 19.9. The van der Waals surface area contributed by atoms with Gasteiger partial charge in [-0.05, 0) is 124 Å². The standard InChI is InChI=1S/C15H24FNO5.C12H20FNO3.C10H16FNO3.CH2Cl2/c1-5-20-14(19)21-10-12(16)11-6-8-17(9-7-11)13(18)22-15(2,3)4;1-12(2,3)17-11(16)14-6-4-9(5-7-14)10(13)8-15;1-2-14-10(13)15-7-9(11)8-3-5-12-6-4-8;2-1-3/h5-10H2,1-4H3;15H,4-8H2,1-3H3;12H,2-7H2,1H3;1H2. The van der Waals surface area contributed by atoms with Crippen molar-refractivity contribution in [2.75, 3.05) is 77.6 Å². The molecule has 0 aromatic rings. The molecule has 3 saturated heterocycles. The number of amides is 2. The Morgan fingerprint density at radius 2 is 0.930 bits per heavy atom. The molecular formula is C38H62Cl2F3N3O11. The Kier molecular flexibility index (Phi) is 27.2. The Bertz CT molecular complexity index is 1330. The number of piperidine rings is 3. The number of hydrogen-bond acceptors (Lipinski definition) is 12. The van der Waals surface area contributed by atoms with E-state index >= 15 is 0 Å². The monoisotopic (exact) mass is 863 g/mol. The molecule has 14 nitrogen and oxygen atoms in total. The van der Waals surface area contributed by atoms with Gasteiger partial charge in [-0.3, -0.25) is 0 Å². The fourth-order valence-electron chi connectivity index (χ4n) is 4.99. The minimum Gasteiger partial charge on any atom is -0.444 e. The van der Waals surface area contributed by atoms with E-state index in [1.165, 1.54) is 0 Å². The van der Waals surface area contributed by atoms with Gasteiger partial charge in [-0.15, -0.1) is 23.2 Å². The second-order valence-corrected chi connectivity index (χ2v) is 15.2. The lowest BCUT2D eigenvalue weighted by atomic mass is 10.0. The minimum atomic E-state index is -0.885. The van der Waals surface area contributed by atoms with E-state index in [2.05, 4.69) is 24.3 Å². The highest BCUT2D eigenvalue weighted by molar-refractivity contribution is 6.40. The van der Waals surface area contributed by atoms with Crippen molar-refractivity contribution in [2.45, 2.75) is 105 Å². The Balaban J connectivity index is 0.000000811. The van der Waals surface area contributed by atoms with Crippen LogP contribution in [0.25, 0.3) is 0 Å². The minimum absolute atomic E-state index is 0.182. The molecule has 0 radical (unpaired) electrons. The maximum absolute atomic E-state index is 13.9. The molecule has 0 saturated carbocycles. The number of aliphatic hydroxyl groups is 1. The molecule has 3 fully saturated rings. The van der Waals surface area contributed by atoms with Crippen LogP contribution in [0, 0.1) is 0 Å². The molecule has 3 heterocycles. The third kappa shape index (κ3) is 25.5. The average Bonchev–Trinajstić information content (AvgIpc) is 3.16. The second kappa shape index (κ2) is 28.9. The van der Waals surface area contributed by atoms with E-state index in [0.29, 0.717) is 75.9 Å². The van der Waals surface area contributed by atoms with Crippen molar-refractivity contribution < 1.29 is 65.9 Å². The number of nitrogens with zero attached hydrogens (tertiary/aromatic N) is 2. The normalized spacial score (nSPS) is 15.5. The molecule has 0 atom stereocenters. The second-order valence-electron chi connectivity index (χ2n) is 14.4. The van der Waals surface area contributed by atoms with Gasteiger partial charge in [-0.1, -0.05) is 0 Å². The molecular weight excluding hydrogens is 802 g/mol. The summed E-state index contributed by atoms with van der Waals surface area (Å²) in [7, 11) is 0. The topological polar surface area (TPSA) is 162 Å². The van der Waals surface area contributed by atoms with Crippen LogP contribution in [0.5, 0.6) is 0 Å². The van der Waals surface area contributed by atoms with Crippen molar-refractivity contribution in [3.05, 3.63) is 34.2 Å². The van der Waals surface area contributed by atoms with Gasteiger partial charge in [0.05, 0.1) is 25.2 Å². The van der Waals surface area contributed by atoms with Crippen LogP contribution in [-0.2, 0) is 28.4 Å². The zero-order chi connectivity index (χ0) is 43.6. The van der Waals surface area contributed by atoms with E-state index in [9.17, 15) is 32.3 Å². The van der Waals surface area contributed by atoms with Crippen LogP contribution in [0.1, 0.15) is 93.9 Å². The average molecular weight is 865 g/mol. The number of halogens is 5. The molecule has 330 valence electrons. The van der Waals surface area contributed by atoms with Gasteiger partial charge >= 0.3 is 24.5 Å². The van der Waals surface area contributed by atoms with E-state index in [1.807, 2.05) is 20.8 Å². The molecule has 0 aromatic carbocycles. The Hall–Kier alpha value is -3.41. The smallest absolute Gasteiger partial charge is 0.444 e. The number of aliphatic hydroxyl groups excluding tert-OH is 1. The van der Waals surface area contributed by atoms with E-state index in [4.69, 9.17) is 37.8 Å². The lowest BCUT2D eigenvalue weighted by Gasteiger charge is -2.31. The molecule has 0 spiro atoms. The van der Waals surface area contributed by atoms with Gasteiger partial charge < -0.3 is 48.6 Å². The van der Waals surface area contributed by atoms with E-state index in [1.54, 1.807) is 44.4 Å². The maximum atomic E-state index is 13.9. The van der Waals surface area contributed by atoms with Gasteiger partial charge in [0.2, 0.25) is 0 Å². The van der Waals surface area contributed by atoms with Gasteiger partial charge in [0.25, 0.3) is 0 Å². The van der Waals surface area contributed by atoms with Crippen LogP contribution < -0.4 is 5.32 Å². The van der Waals surface area contributed by atoms with Crippen LogP contribution in [0.4, 0.5) is 32.3 Å². The first kappa shape index (κ1) is 53.6. The molecule has 2 N–H and O–H groups in total. The Morgan fingerprint density at radius 3 is 1.23 bits per heavy atom. The summed E-state index contributed by atoms with van der Waals surface area (Å²) in [6.45, 7) is 16.5. The maximum Gasteiger partial charge on any atom is 0.508 e. The fourth-order valence-corrected chi connectivity index (χ4v) is 4.99. The summed E-state index contributed by atoms with van der Waals surface area (Å²) in [5.41, 5.74) is 0.838. The number of likely N-dealkylation sites (tertiary alicyclic amines) is 2. The Labute approximate surface area is 344 Å². The van der Waals surface area contributed by atoms with Crippen LogP contribution in [0.3, 0.4) is 0 Å². The number of carbonyl (C=O) groups is 4. The van der Waals surface area contributed by atoms with Crippen molar-refractivity contribution in [2.24, 2.45) is 0 Å². The van der Waals surface area contributed by atoms with E-state index in [-0.39, 0.29) is 37.1 Å². The zero-order valence-corrected chi connectivity index (χ0v) is 36.1. The first-order valence-electron chi connectivity index (χ1n) is 18.8. The number of nitrogens with one attached hydrogen (secondary N) is 1. The van der Waals surface area contributed by atoms with Crippen LogP contribution in [0.2, 0.25) is 0 Å². The van der Waals surface area contributed by atoms with Gasteiger partial charge in [-0.25, -0.2) is 32.3 Å². The van der Waals surface area contributed by atoms with Gasteiger partial charge in [0.1, 0.15) is 41.9 Å². The SMILES string of the molecule is CC(C)(C)OC(=O)N1CCC(=C(F)CO)CC1.CCOC(=O)OCC(F)=C1CCN(C(=O)OC(C)(C)C)CC1.CCOC(=O)OCC(F)=C1CCNCC1.ClCCl. The summed E-state index contributed by atoms with van der Waals surface area (Å²) in [5, 5.41) is 12.0. The lowest BCUT2D eigenvalue weighted by Crippen LogP contribution is -2.40. The molecule has 0 aromatic heterocycles. The number of hydrogen-bond donors (Lipinski definition) is 2. The molecule has 3 aliphatic heterocycles. The third-order valence-electron chi connectivity index (χ3n) is 7.69. The summed E-state index contributed by atoms with van der Waals surface area (Å²) in [6.07, 6.45) is 0.629. The van der Waals surface area contributed by atoms with Gasteiger partial charge in [0, 0.05) is 26.2 Å². The molecule has 0 bridgehead atoms. The van der Waals surface area contributed by atoms with Crippen LogP contribution in [-0.4, -0.2) is 128 Å². The van der Waals surface area contributed by atoms with E-state index < -0.39 is 54.5 Å². The molecule has 3 rings (SSSR count). The quantitative estimate of drug-likeness (QED) is 0.142. The summed E-state index contributed by atoms with van der Waals surface area (Å²) >= 11 is 9.53. The molecule has 0 aliphatic carbocycles. The summed E-state index contributed by atoms with van der Waals surface area (Å²) in [4.78, 5) is 48.5. The predicted octanol–water partition coefficient (Wildman–Crippen LogP) is 8.84. The van der Waals surface area contributed by atoms with Crippen molar-refractivity contribution in [3.8, 4) is 0 Å². The van der Waals surface area contributed by atoms with Gasteiger partial charge in [-0.2, -0.15) is 0 Å². The first-order chi connectivity index (χ1) is 26.7. The number of carbonyl (C=O) groups excluding carboxylic acids is 4. The Morgan fingerprint density at radius 1 is 0.614 bits per heavy atom. The summed E-state index contributed by atoms with van der Waals surface area (Å²) in [5.74, 6) is -1.28. The largest absolute Gasteiger partial charge is 0.508 e. The van der Waals surface area contributed by atoms with Crippen LogP contribution in [0.15, 0.2) is 34.2 Å². The van der Waals surface area contributed by atoms with Crippen LogP contribution >= 0.6 is 23.2 Å². The highest BCUT2D eigenvalue weighted by atomic mass is 35.5. The third-order valence-corrected chi connectivity index (χ3v) is 7.69. The summed E-state index contributed by atoms with van der Waals surface area (Å²) < 4.78 is 69.2. The lowest BCUT2D eigenvalue weighted by molar-refractivity contribution is 0.0223. The number of rotatable bonds is 7. The summed E-state index contributed by atoms with van der Waals surface area (Å²) in [6, 6.07) is 0. The fraction of sp³-hybridized carbons (Fsp3) is 0.737. The van der Waals surface area contributed by atoms with Crippen molar-refractivity contribution in [1.29, 1.82) is 0 Å². The molecule has 57 heavy (non-hydrogen) atoms. The predicted molar refractivity (Wildman–Crippen MR) is 210 cm³/mol.